The van der Waals surface area contributed by atoms with Crippen LogP contribution in [0.5, 0.6) is 0 Å². The van der Waals surface area contributed by atoms with Crippen molar-refractivity contribution in [3.63, 3.8) is 0 Å². The lowest BCUT2D eigenvalue weighted by Gasteiger charge is -2.26. The molecule has 156 valence electrons. The third kappa shape index (κ3) is 4.67. The van der Waals surface area contributed by atoms with Crippen molar-refractivity contribution in [2.45, 2.75) is 13.8 Å². The van der Waals surface area contributed by atoms with Crippen LogP contribution >= 0.6 is 0 Å². The van der Waals surface area contributed by atoms with Crippen molar-refractivity contribution in [1.29, 1.82) is 0 Å². The van der Waals surface area contributed by atoms with Crippen molar-refractivity contribution in [1.82, 2.24) is 25.1 Å². The standard InChI is InChI=1S/C22H26N6O2/c1-15(14-28-9-11-30-12-10-28)7-8-16(2)22(29)26-19-13-23-27-20(19)21-24-17-5-3-4-6-18(17)25-21/h3-8,13H,9-12,14H2,1-2H3,(H,23,27)(H,24,25)(H,26,29)/b15-7+,16-8+. The number of anilines is 1. The van der Waals surface area contributed by atoms with Gasteiger partial charge in [-0.15, -0.1) is 0 Å². The van der Waals surface area contributed by atoms with Gasteiger partial charge in [0.05, 0.1) is 29.9 Å². The van der Waals surface area contributed by atoms with Crippen LogP contribution in [-0.4, -0.2) is 63.8 Å². The fourth-order valence-electron chi connectivity index (χ4n) is 3.36. The van der Waals surface area contributed by atoms with E-state index in [9.17, 15) is 4.79 Å². The zero-order valence-corrected chi connectivity index (χ0v) is 17.2. The van der Waals surface area contributed by atoms with E-state index >= 15 is 0 Å². The topological polar surface area (TPSA) is 98.9 Å². The molecule has 2 aromatic heterocycles. The predicted octanol–water partition coefficient (Wildman–Crippen LogP) is 3.12. The summed E-state index contributed by atoms with van der Waals surface area (Å²) >= 11 is 0. The lowest BCUT2D eigenvalue weighted by molar-refractivity contribution is -0.112. The smallest absolute Gasteiger partial charge is 0.251 e. The number of nitrogens with one attached hydrogen (secondary N) is 3. The van der Waals surface area contributed by atoms with Gasteiger partial charge in [-0.2, -0.15) is 5.10 Å². The summed E-state index contributed by atoms with van der Waals surface area (Å²) in [6.07, 6.45) is 5.51. The van der Waals surface area contributed by atoms with Crippen LogP contribution in [0.2, 0.25) is 0 Å². The molecular weight excluding hydrogens is 380 g/mol. The molecule has 1 fully saturated rings. The van der Waals surface area contributed by atoms with E-state index in [2.05, 4.69) is 37.3 Å². The molecule has 3 N–H and O–H groups in total. The largest absolute Gasteiger partial charge is 0.379 e. The zero-order valence-electron chi connectivity index (χ0n) is 17.2. The van der Waals surface area contributed by atoms with Crippen LogP contribution in [0.4, 0.5) is 5.69 Å². The van der Waals surface area contributed by atoms with Gasteiger partial charge in [-0.05, 0) is 26.0 Å². The van der Waals surface area contributed by atoms with Crippen molar-refractivity contribution in [3.8, 4) is 11.5 Å². The van der Waals surface area contributed by atoms with E-state index < -0.39 is 0 Å². The predicted molar refractivity (Wildman–Crippen MR) is 117 cm³/mol. The van der Waals surface area contributed by atoms with Crippen LogP contribution in [0.15, 0.2) is 53.8 Å². The molecule has 30 heavy (non-hydrogen) atoms. The summed E-state index contributed by atoms with van der Waals surface area (Å²) < 4.78 is 5.38. The number of ether oxygens (including phenoxy) is 1. The molecule has 1 aromatic carbocycles. The maximum atomic E-state index is 12.7. The first-order valence-electron chi connectivity index (χ1n) is 10.0. The molecule has 0 bridgehead atoms. The molecule has 0 saturated carbocycles. The molecule has 0 spiro atoms. The number of carbonyl (C=O) groups is 1. The average molecular weight is 406 g/mol. The minimum absolute atomic E-state index is 0.177. The van der Waals surface area contributed by atoms with E-state index in [0.29, 0.717) is 22.8 Å². The maximum Gasteiger partial charge on any atom is 0.251 e. The summed E-state index contributed by atoms with van der Waals surface area (Å²) in [5.41, 5.74) is 4.75. The molecule has 1 aliphatic heterocycles. The first-order chi connectivity index (χ1) is 14.6. The molecule has 3 heterocycles. The Labute approximate surface area is 175 Å². The van der Waals surface area contributed by atoms with Gasteiger partial charge >= 0.3 is 0 Å². The molecule has 3 aromatic rings. The SMILES string of the molecule is C/C(=C\C=C(/C)C(=O)Nc1c[nH]nc1-c1nc2ccccc2[nH]1)CN1CCOCC1. The number of hydrogen-bond acceptors (Lipinski definition) is 5. The summed E-state index contributed by atoms with van der Waals surface area (Å²) in [6, 6.07) is 7.76. The average Bonchev–Trinajstić information content (AvgIpc) is 3.39. The number of fused-ring (bicyclic) bond motifs is 1. The summed E-state index contributed by atoms with van der Waals surface area (Å²) in [6.45, 7) is 8.21. The minimum atomic E-state index is -0.177. The van der Waals surface area contributed by atoms with E-state index in [1.54, 1.807) is 13.1 Å². The van der Waals surface area contributed by atoms with E-state index in [0.717, 1.165) is 43.9 Å². The Morgan fingerprint density at radius 3 is 2.83 bits per heavy atom. The Morgan fingerprint density at radius 1 is 1.23 bits per heavy atom. The van der Waals surface area contributed by atoms with Gasteiger partial charge in [0.25, 0.3) is 5.91 Å². The van der Waals surface area contributed by atoms with Crippen molar-refractivity contribution >= 4 is 22.6 Å². The number of aromatic amines is 2. The number of imidazole rings is 1. The second-order valence-corrected chi connectivity index (χ2v) is 7.46. The van der Waals surface area contributed by atoms with Crippen molar-refractivity contribution in [2.24, 2.45) is 0 Å². The number of morpholine rings is 1. The Bertz CT molecular complexity index is 1050. The van der Waals surface area contributed by atoms with Gasteiger partial charge in [0.15, 0.2) is 11.5 Å². The Hall–Kier alpha value is -3.23. The van der Waals surface area contributed by atoms with Crippen molar-refractivity contribution in [3.05, 3.63) is 53.8 Å². The van der Waals surface area contributed by atoms with Gasteiger partial charge in [-0.1, -0.05) is 29.9 Å². The molecule has 0 aliphatic carbocycles. The number of H-pyrrole nitrogens is 2. The van der Waals surface area contributed by atoms with Crippen LogP contribution in [0.25, 0.3) is 22.6 Å². The number of hydrogen-bond donors (Lipinski definition) is 3. The normalized spacial score (nSPS) is 16.2. The van der Waals surface area contributed by atoms with Crippen molar-refractivity contribution in [2.75, 3.05) is 38.2 Å². The van der Waals surface area contributed by atoms with E-state index in [1.807, 2.05) is 36.4 Å². The molecule has 8 heteroatoms. The molecule has 0 atom stereocenters. The van der Waals surface area contributed by atoms with Gasteiger partial charge in [0.2, 0.25) is 0 Å². The molecule has 1 aliphatic rings. The van der Waals surface area contributed by atoms with Crippen LogP contribution < -0.4 is 5.32 Å². The quantitative estimate of drug-likeness (QED) is 0.432. The number of para-hydroxylation sites is 2. The fourth-order valence-corrected chi connectivity index (χ4v) is 3.36. The fraction of sp³-hybridized carbons (Fsp3) is 0.318. The molecule has 1 saturated heterocycles. The Balaban J connectivity index is 1.43. The summed E-state index contributed by atoms with van der Waals surface area (Å²) in [5, 5.41) is 9.98. The number of rotatable bonds is 6. The molecule has 4 rings (SSSR count). The number of benzene rings is 1. The number of nitrogens with zero attached hydrogens (tertiary/aromatic N) is 3. The van der Waals surface area contributed by atoms with Gasteiger partial charge in [0, 0.05) is 31.4 Å². The highest BCUT2D eigenvalue weighted by molar-refractivity contribution is 6.05. The zero-order chi connectivity index (χ0) is 20.9. The number of aromatic nitrogens is 4. The highest BCUT2D eigenvalue weighted by Gasteiger charge is 2.15. The third-order valence-corrected chi connectivity index (χ3v) is 5.05. The van der Waals surface area contributed by atoms with Gasteiger partial charge in [-0.3, -0.25) is 14.8 Å². The van der Waals surface area contributed by atoms with Crippen LogP contribution in [0.3, 0.4) is 0 Å². The summed E-state index contributed by atoms with van der Waals surface area (Å²) in [7, 11) is 0. The Kier molecular flexibility index (Phi) is 6.06. The first kappa shape index (κ1) is 20.1. The highest BCUT2D eigenvalue weighted by atomic mass is 16.5. The van der Waals surface area contributed by atoms with Crippen LogP contribution in [-0.2, 0) is 9.53 Å². The first-order valence-corrected chi connectivity index (χ1v) is 10.0. The van der Waals surface area contributed by atoms with E-state index in [4.69, 9.17) is 4.74 Å². The lowest BCUT2D eigenvalue weighted by Crippen LogP contribution is -2.37. The molecule has 8 nitrogen and oxygen atoms in total. The van der Waals surface area contributed by atoms with E-state index in [1.165, 1.54) is 5.57 Å². The Morgan fingerprint density at radius 2 is 2.03 bits per heavy atom. The number of amides is 1. The second-order valence-electron chi connectivity index (χ2n) is 7.46. The molecule has 0 unspecified atom stereocenters. The second kappa shape index (κ2) is 9.06. The van der Waals surface area contributed by atoms with E-state index in [-0.39, 0.29) is 5.91 Å². The number of carbonyl (C=O) groups excluding carboxylic acids is 1. The summed E-state index contributed by atoms with van der Waals surface area (Å²) in [5.74, 6) is 0.430. The number of allylic oxidation sites excluding steroid dienone is 2. The monoisotopic (exact) mass is 406 g/mol. The molecular formula is C22H26N6O2. The highest BCUT2D eigenvalue weighted by Crippen LogP contribution is 2.25. The van der Waals surface area contributed by atoms with Crippen LogP contribution in [0.1, 0.15) is 13.8 Å². The molecule has 1 amide bonds. The summed E-state index contributed by atoms with van der Waals surface area (Å²) in [4.78, 5) is 22.8. The lowest BCUT2D eigenvalue weighted by atomic mass is 10.2. The maximum absolute atomic E-state index is 12.7. The minimum Gasteiger partial charge on any atom is -0.379 e. The van der Waals surface area contributed by atoms with Crippen molar-refractivity contribution < 1.29 is 9.53 Å². The van der Waals surface area contributed by atoms with Gasteiger partial charge in [0.1, 0.15) is 0 Å². The van der Waals surface area contributed by atoms with Gasteiger partial charge < -0.3 is 15.0 Å². The van der Waals surface area contributed by atoms with Gasteiger partial charge in [-0.25, -0.2) is 4.98 Å². The molecule has 0 radical (unpaired) electrons. The third-order valence-electron chi connectivity index (χ3n) is 5.05. The van der Waals surface area contributed by atoms with Crippen LogP contribution in [0, 0.1) is 0 Å².